The standard InChI is InChI=1S/C20H37NO.CH4/c1-18(2,3)17(22)16(21-19(4,5)6)14-15-8-12-20(13-9-15)10-7-11-20;/h15-16,21H,7-14H2,1-6H3;1H4. The molecule has 136 valence electrons. The normalized spacial score (nSPS) is 23.0. The Hall–Kier alpha value is -0.370. The van der Waals surface area contributed by atoms with Gasteiger partial charge >= 0.3 is 0 Å². The summed E-state index contributed by atoms with van der Waals surface area (Å²) in [6.07, 6.45) is 10.9. The lowest BCUT2D eigenvalue weighted by atomic mass is 9.58. The van der Waals surface area contributed by atoms with Crippen molar-refractivity contribution in [2.75, 3.05) is 0 Å². The molecule has 0 heterocycles. The molecule has 0 bridgehead atoms. The molecule has 0 radical (unpaired) electrons. The predicted octanol–water partition coefficient (Wildman–Crippen LogP) is 5.75. The maximum atomic E-state index is 12.8. The molecule has 2 fully saturated rings. The highest BCUT2D eigenvalue weighted by atomic mass is 16.1. The molecule has 2 saturated carbocycles. The van der Waals surface area contributed by atoms with Crippen molar-refractivity contribution >= 4 is 5.78 Å². The maximum absolute atomic E-state index is 12.8. The summed E-state index contributed by atoms with van der Waals surface area (Å²) in [5.74, 6) is 1.11. The van der Waals surface area contributed by atoms with E-state index in [9.17, 15) is 4.79 Å². The zero-order chi connectivity index (χ0) is 16.6. The fourth-order valence-electron chi connectivity index (χ4n) is 4.31. The minimum atomic E-state index is -0.257. The van der Waals surface area contributed by atoms with Crippen molar-refractivity contribution in [3.8, 4) is 0 Å². The molecule has 2 rings (SSSR count). The van der Waals surface area contributed by atoms with Gasteiger partial charge in [-0.1, -0.05) is 34.6 Å². The van der Waals surface area contributed by atoms with Gasteiger partial charge in [0.15, 0.2) is 5.78 Å². The van der Waals surface area contributed by atoms with Gasteiger partial charge in [0.2, 0.25) is 0 Å². The summed E-state index contributed by atoms with van der Waals surface area (Å²) in [6.45, 7) is 12.7. The van der Waals surface area contributed by atoms with E-state index >= 15 is 0 Å². The summed E-state index contributed by atoms with van der Waals surface area (Å²) in [6, 6.07) is 0.0143. The summed E-state index contributed by atoms with van der Waals surface area (Å²) in [5, 5.41) is 3.61. The van der Waals surface area contributed by atoms with Crippen LogP contribution >= 0.6 is 0 Å². The average Bonchev–Trinajstić information content (AvgIpc) is 2.33. The van der Waals surface area contributed by atoms with Gasteiger partial charge in [0.05, 0.1) is 6.04 Å². The van der Waals surface area contributed by atoms with E-state index in [-0.39, 0.29) is 24.4 Å². The smallest absolute Gasteiger partial charge is 0.155 e. The third-order valence-electron chi connectivity index (χ3n) is 5.81. The zero-order valence-electron chi connectivity index (χ0n) is 15.7. The number of carbonyl (C=O) groups excluding carboxylic acids is 1. The van der Waals surface area contributed by atoms with Crippen molar-refractivity contribution in [2.45, 2.75) is 112 Å². The second-order valence-electron chi connectivity index (χ2n) is 10.1. The van der Waals surface area contributed by atoms with Crippen LogP contribution in [0.15, 0.2) is 0 Å². The molecule has 0 aromatic carbocycles. The molecule has 1 spiro atoms. The third kappa shape index (κ3) is 5.59. The molecule has 2 aliphatic rings. The van der Waals surface area contributed by atoms with Crippen LogP contribution in [0, 0.1) is 16.7 Å². The highest BCUT2D eigenvalue weighted by molar-refractivity contribution is 5.88. The zero-order valence-corrected chi connectivity index (χ0v) is 15.7. The van der Waals surface area contributed by atoms with Crippen molar-refractivity contribution in [1.29, 1.82) is 0 Å². The fraction of sp³-hybridized carbons (Fsp3) is 0.952. The van der Waals surface area contributed by atoms with Crippen LogP contribution in [0.3, 0.4) is 0 Å². The molecule has 2 aliphatic carbocycles. The van der Waals surface area contributed by atoms with E-state index in [1.54, 1.807) is 0 Å². The number of rotatable bonds is 4. The highest BCUT2D eigenvalue weighted by Gasteiger charge is 2.41. The molecule has 0 amide bonds. The molecule has 1 atom stereocenters. The van der Waals surface area contributed by atoms with E-state index < -0.39 is 0 Å². The van der Waals surface area contributed by atoms with Crippen molar-refractivity contribution in [2.24, 2.45) is 16.7 Å². The summed E-state index contributed by atoms with van der Waals surface area (Å²) in [5.41, 5.74) is 0.458. The van der Waals surface area contributed by atoms with Gasteiger partial charge in [-0.15, -0.1) is 0 Å². The van der Waals surface area contributed by atoms with Crippen LogP contribution in [0.2, 0.25) is 0 Å². The lowest BCUT2D eigenvalue weighted by molar-refractivity contribution is -0.129. The Labute approximate surface area is 145 Å². The maximum Gasteiger partial charge on any atom is 0.155 e. The predicted molar refractivity (Wildman–Crippen MR) is 101 cm³/mol. The van der Waals surface area contributed by atoms with Gasteiger partial charge in [0, 0.05) is 11.0 Å². The van der Waals surface area contributed by atoms with E-state index in [0.717, 1.165) is 17.8 Å². The molecule has 0 aromatic heterocycles. The first-order valence-corrected chi connectivity index (χ1v) is 9.33. The van der Waals surface area contributed by atoms with Crippen molar-refractivity contribution < 1.29 is 4.79 Å². The number of hydrogen-bond donors (Lipinski definition) is 1. The topological polar surface area (TPSA) is 29.1 Å². The number of nitrogens with one attached hydrogen (secondary N) is 1. The Morgan fingerprint density at radius 2 is 1.57 bits per heavy atom. The van der Waals surface area contributed by atoms with E-state index in [1.807, 2.05) is 0 Å². The molecule has 2 nitrogen and oxygen atoms in total. The van der Waals surface area contributed by atoms with Crippen LogP contribution in [-0.4, -0.2) is 17.4 Å². The summed E-state index contributed by atoms with van der Waals surface area (Å²) in [7, 11) is 0. The Morgan fingerprint density at radius 1 is 1.04 bits per heavy atom. The number of Topliss-reactive ketones (excluding diaryl/α,β-unsaturated/α-hetero) is 1. The molecule has 0 saturated heterocycles. The van der Waals surface area contributed by atoms with Gasteiger partial charge in [-0.05, 0) is 77.0 Å². The Balaban J connectivity index is 0.00000264. The summed E-state index contributed by atoms with van der Waals surface area (Å²) in [4.78, 5) is 12.8. The van der Waals surface area contributed by atoms with Gasteiger partial charge in [0.25, 0.3) is 0 Å². The van der Waals surface area contributed by atoms with Crippen molar-refractivity contribution in [1.82, 2.24) is 5.32 Å². The van der Waals surface area contributed by atoms with Crippen LogP contribution in [-0.2, 0) is 4.79 Å². The Morgan fingerprint density at radius 3 is 1.91 bits per heavy atom. The second-order valence-corrected chi connectivity index (χ2v) is 10.1. The highest BCUT2D eigenvalue weighted by Crippen LogP contribution is 2.53. The first-order valence-electron chi connectivity index (χ1n) is 9.33. The lowest BCUT2D eigenvalue weighted by Crippen LogP contribution is -2.51. The summed E-state index contributed by atoms with van der Waals surface area (Å²) >= 11 is 0. The molecule has 2 heteroatoms. The fourth-order valence-corrected chi connectivity index (χ4v) is 4.31. The number of hydrogen-bond acceptors (Lipinski definition) is 2. The van der Waals surface area contributed by atoms with Crippen molar-refractivity contribution in [3.05, 3.63) is 0 Å². The van der Waals surface area contributed by atoms with Crippen LogP contribution in [0.5, 0.6) is 0 Å². The average molecular weight is 324 g/mol. The van der Waals surface area contributed by atoms with Crippen LogP contribution < -0.4 is 5.32 Å². The number of carbonyl (C=O) groups is 1. The van der Waals surface area contributed by atoms with Crippen LogP contribution in [0.4, 0.5) is 0 Å². The van der Waals surface area contributed by atoms with Crippen LogP contribution in [0.25, 0.3) is 0 Å². The quantitative estimate of drug-likeness (QED) is 0.714. The third-order valence-corrected chi connectivity index (χ3v) is 5.81. The molecular weight excluding hydrogens is 282 g/mol. The monoisotopic (exact) mass is 323 g/mol. The molecule has 1 N–H and O–H groups in total. The summed E-state index contributed by atoms with van der Waals surface area (Å²) < 4.78 is 0. The van der Waals surface area contributed by atoms with Crippen LogP contribution in [0.1, 0.15) is 100 Å². The van der Waals surface area contributed by atoms with Gasteiger partial charge in [-0.2, -0.15) is 0 Å². The molecule has 0 aromatic rings. The van der Waals surface area contributed by atoms with E-state index in [4.69, 9.17) is 0 Å². The molecule has 1 unspecified atom stereocenters. The Kier molecular flexibility index (Phi) is 6.52. The van der Waals surface area contributed by atoms with Gasteiger partial charge in [-0.3, -0.25) is 4.79 Å². The van der Waals surface area contributed by atoms with Gasteiger partial charge in [0.1, 0.15) is 0 Å². The number of ketones is 1. The first kappa shape index (κ1) is 20.7. The Bertz CT molecular complexity index is 385. The minimum absolute atomic E-state index is 0. The molecule has 0 aliphatic heterocycles. The van der Waals surface area contributed by atoms with E-state index in [2.05, 4.69) is 46.9 Å². The molecule has 23 heavy (non-hydrogen) atoms. The molecular formula is C21H41NO. The van der Waals surface area contributed by atoms with Crippen molar-refractivity contribution in [3.63, 3.8) is 0 Å². The minimum Gasteiger partial charge on any atom is -0.303 e. The SMILES string of the molecule is C.CC(C)(C)NC(CC1CCC2(CCC2)CC1)C(=O)C(C)(C)C. The van der Waals surface area contributed by atoms with Gasteiger partial charge < -0.3 is 5.32 Å². The second kappa shape index (κ2) is 7.25. The van der Waals surface area contributed by atoms with E-state index in [0.29, 0.717) is 5.78 Å². The van der Waals surface area contributed by atoms with Gasteiger partial charge in [-0.25, -0.2) is 0 Å². The first-order chi connectivity index (χ1) is 10.0. The van der Waals surface area contributed by atoms with E-state index in [1.165, 1.54) is 44.9 Å². The lowest BCUT2D eigenvalue weighted by Gasteiger charge is -2.47. The largest absolute Gasteiger partial charge is 0.303 e.